The van der Waals surface area contributed by atoms with Crippen molar-refractivity contribution in [2.24, 2.45) is 0 Å². The predicted octanol–water partition coefficient (Wildman–Crippen LogP) is -0.134. The molecule has 0 aliphatic carbocycles. The van der Waals surface area contributed by atoms with Gasteiger partial charge in [0.2, 0.25) is 0 Å². The summed E-state index contributed by atoms with van der Waals surface area (Å²) in [6.45, 7) is 2.29. The first kappa shape index (κ1) is 6.61. The van der Waals surface area contributed by atoms with E-state index in [1.165, 1.54) is 5.41 Å². The van der Waals surface area contributed by atoms with Crippen LogP contribution in [0.2, 0.25) is 0 Å². The molecule has 9 heavy (non-hydrogen) atoms. The molecule has 0 saturated heterocycles. The SMILES string of the molecule is CC1=CS(=O)(=O)CCN1. The van der Waals surface area contributed by atoms with Gasteiger partial charge in [-0.25, -0.2) is 8.42 Å². The maximum absolute atomic E-state index is 10.7. The van der Waals surface area contributed by atoms with Gasteiger partial charge in [-0.05, 0) is 6.92 Å². The Bertz CT molecular complexity index is 227. The van der Waals surface area contributed by atoms with E-state index < -0.39 is 9.84 Å². The highest BCUT2D eigenvalue weighted by Crippen LogP contribution is 2.01. The maximum atomic E-state index is 10.7. The third kappa shape index (κ3) is 1.71. The lowest BCUT2D eigenvalue weighted by atomic mass is 10.5. The normalized spacial score (nSPS) is 24.3. The summed E-state index contributed by atoms with van der Waals surface area (Å²) in [5, 5.41) is 4.19. The van der Waals surface area contributed by atoms with Gasteiger partial charge in [-0.3, -0.25) is 0 Å². The molecule has 1 heterocycles. The predicted molar refractivity (Wildman–Crippen MR) is 35.5 cm³/mol. The Labute approximate surface area is 54.7 Å². The Morgan fingerprint density at radius 3 is 2.67 bits per heavy atom. The second-order valence-corrected chi connectivity index (χ2v) is 4.06. The van der Waals surface area contributed by atoms with Gasteiger partial charge in [-0.1, -0.05) is 0 Å². The number of hydrogen-bond acceptors (Lipinski definition) is 3. The molecule has 0 amide bonds. The highest BCUT2D eigenvalue weighted by Gasteiger charge is 2.11. The minimum atomic E-state index is -2.86. The van der Waals surface area contributed by atoms with Crippen LogP contribution >= 0.6 is 0 Å². The molecule has 1 aliphatic heterocycles. The molecule has 0 aromatic carbocycles. The van der Waals surface area contributed by atoms with Crippen LogP contribution in [0.1, 0.15) is 6.92 Å². The lowest BCUT2D eigenvalue weighted by molar-refractivity contribution is 0.598. The van der Waals surface area contributed by atoms with E-state index in [1.54, 1.807) is 6.92 Å². The highest BCUT2D eigenvalue weighted by molar-refractivity contribution is 7.94. The summed E-state index contributed by atoms with van der Waals surface area (Å²) in [6, 6.07) is 0. The zero-order valence-corrected chi connectivity index (χ0v) is 6.03. The van der Waals surface area contributed by atoms with Crippen LogP contribution in [-0.4, -0.2) is 20.7 Å². The van der Waals surface area contributed by atoms with Crippen molar-refractivity contribution in [1.82, 2.24) is 5.32 Å². The van der Waals surface area contributed by atoms with Crippen molar-refractivity contribution in [1.29, 1.82) is 0 Å². The van der Waals surface area contributed by atoms with E-state index in [4.69, 9.17) is 0 Å². The topological polar surface area (TPSA) is 46.2 Å². The van der Waals surface area contributed by atoms with Crippen molar-refractivity contribution in [2.45, 2.75) is 6.92 Å². The minimum absolute atomic E-state index is 0.227. The van der Waals surface area contributed by atoms with E-state index in [9.17, 15) is 8.42 Å². The van der Waals surface area contributed by atoms with Crippen molar-refractivity contribution >= 4 is 9.84 Å². The van der Waals surface area contributed by atoms with Crippen molar-refractivity contribution in [2.75, 3.05) is 12.3 Å². The molecule has 0 saturated carbocycles. The average Bonchev–Trinajstić information content (AvgIpc) is 1.60. The van der Waals surface area contributed by atoms with E-state index in [1.807, 2.05) is 0 Å². The third-order valence-electron chi connectivity index (χ3n) is 1.15. The molecule has 0 atom stereocenters. The van der Waals surface area contributed by atoms with Crippen LogP contribution in [0.25, 0.3) is 0 Å². The van der Waals surface area contributed by atoms with Crippen LogP contribution in [0.3, 0.4) is 0 Å². The quantitative estimate of drug-likeness (QED) is 0.519. The van der Waals surface area contributed by atoms with Crippen LogP contribution in [-0.2, 0) is 9.84 Å². The van der Waals surface area contributed by atoms with Gasteiger partial charge in [0.25, 0.3) is 0 Å². The number of hydrogen-bond donors (Lipinski definition) is 1. The fraction of sp³-hybridized carbons (Fsp3) is 0.600. The zero-order valence-electron chi connectivity index (χ0n) is 5.22. The van der Waals surface area contributed by atoms with Gasteiger partial charge in [0.05, 0.1) is 5.75 Å². The van der Waals surface area contributed by atoms with Gasteiger partial charge >= 0.3 is 0 Å². The Morgan fingerprint density at radius 2 is 2.33 bits per heavy atom. The molecule has 3 nitrogen and oxygen atoms in total. The molecule has 0 spiro atoms. The first-order valence-electron chi connectivity index (χ1n) is 2.75. The van der Waals surface area contributed by atoms with E-state index in [2.05, 4.69) is 5.32 Å². The molecule has 4 heteroatoms. The number of rotatable bonds is 0. The summed E-state index contributed by atoms with van der Waals surface area (Å²) in [6.07, 6.45) is 0. The standard InChI is InChI=1S/C5H9NO2S/c1-5-4-9(7,8)3-2-6-5/h4,6H,2-3H2,1H3. The number of nitrogens with one attached hydrogen (secondary N) is 1. The average molecular weight is 147 g/mol. The smallest absolute Gasteiger partial charge is 0.175 e. The molecule has 1 aliphatic rings. The van der Waals surface area contributed by atoms with Gasteiger partial charge in [0.1, 0.15) is 0 Å². The molecule has 52 valence electrons. The molecule has 0 bridgehead atoms. The van der Waals surface area contributed by atoms with Gasteiger partial charge in [-0.2, -0.15) is 0 Å². The van der Waals surface area contributed by atoms with Crippen molar-refractivity contribution in [3.63, 3.8) is 0 Å². The molecule has 1 rings (SSSR count). The summed E-state index contributed by atoms with van der Waals surface area (Å²) in [7, 11) is -2.86. The van der Waals surface area contributed by atoms with Crippen LogP contribution in [0, 0.1) is 0 Å². The zero-order chi connectivity index (χ0) is 6.91. The maximum Gasteiger partial charge on any atom is 0.175 e. The number of allylic oxidation sites excluding steroid dienone is 1. The second kappa shape index (κ2) is 2.02. The monoisotopic (exact) mass is 147 g/mol. The fourth-order valence-corrected chi connectivity index (χ4v) is 1.89. The lowest BCUT2D eigenvalue weighted by Gasteiger charge is -2.10. The second-order valence-electron chi connectivity index (χ2n) is 2.09. The molecule has 0 fully saturated rings. The van der Waals surface area contributed by atoms with E-state index in [0.29, 0.717) is 6.54 Å². The van der Waals surface area contributed by atoms with Crippen LogP contribution in [0.5, 0.6) is 0 Å². The van der Waals surface area contributed by atoms with E-state index in [-0.39, 0.29) is 5.75 Å². The summed E-state index contributed by atoms with van der Waals surface area (Å²) in [4.78, 5) is 0. The molecular formula is C5H9NO2S. The van der Waals surface area contributed by atoms with Gasteiger partial charge in [0.15, 0.2) is 9.84 Å². The van der Waals surface area contributed by atoms with E-state index in [0.717, 1.165) is 5.70 Å². The van der Waals surface area contributed by atoms with Crippen molar-refractivity contribution in [3.8, 4) is 0 Å². The summed E-state index contributed by atoms with van der Waals surface area (Å²) < 4.78 is 21.5. The van der Waals surface area contributed by atoms with Crippen LogP contribution in [0.4, 0.5) is 0 Å². The summed E-state index contributed by atoms with van der Waals surface area (Å²) >= 11 is 0. The summed E-state index contributed by atoms with van der Waals surface area (Å²) in [5.74, 6) is 0.227. The molecule has 0 radical (unpaired) electrons. The first-order chi connectivity index (χ1) is 4.10. The van der Waals surface area contributed by atoms with Crippen molar-refractivity contribution in [3.05, 3.63) is 11.1 Å². The van der Waals surface area contributed by atoms with E-state index >= 15 is 0 Å². The van der Waals surface area contributed by atoms with Crippen LogP contribution in [0.15, 0.2) is 11.1 Å². The van der Waals surface area contributed by atoms with Crippen LogP contribution < -0.4 is 5.32 Å². The molecular weight excluding hydrogens is 138 g/mol. The summed E-state index contributed by atoms with van der Waals surface area (Å²) in [5.41, 5.74) is 0.737. The number of sulfone groups is 1. The molecule has 1 N–H and O–H groups in total. The Kier molecular flexibility index (Phi) is 1.48. The molecule has 0 aromatic rings. The fourth-order valence-electron chi connectivity index (χ4n) is 0.760. The van der Waals surface area contributed by atoms with Gasteiger partial charge in [-0.15, -0.1) is 0 Å². The minimum Gasteiger partial charge on any atom is -0.387 e. The largest absolute Gasteiger partial charge is 0.387 e. The lowest BCUT2D eigenvalue weighted by Crippen LogP contribution is -2.26. The molecule has 0 unspecified atom stereocenters. The first-order valence-corrected chi connectivity index (χ1v) is 4.47. The highest BCUT2D eigenvalue weighted by atomic mass is 32.2. The Morgan fingerprint density at radius 1 is 1.67 bits per heavy atom. The van der Waals surface area contributed by atoms with Gasteiger partial charge in [0, 0.05) is 17.6 Å². The van der Waals surface area contributed by atoms with Crippen molar-refractivity contribution < 1.29 is 8.42 Å². The van der Waals surface area contributed by atoms with Gasteiger partial charge < -0.3 is 5.32 Å². The Balaban J connectivity index is 2.95. The third-order valence-corrected chi connectivity index (χ3v) is 2.63. The Hall–Kier alpha value is -0.510. The molecule has 0 aromatic heterocycles.